The van der Waals surface area contributed by atoms with Gasteiger partial charge < -0.3 is 10.4 Å². The first-order chi connectivity index (χ1) is 9.36. The summed E-state index contributed by atoms with van der Waals surface area (Å²) in [6.07, 6.45) is -0.0622. The molecule has 0 aromatic heterocycles. The Morgan fingerprint density at radius 2 is 1.95 bits per heavy atom. The highest BCUT2D eigenvalue weighted by Gasteiger charge is 2.24. The molecular weight excluding hydrogens is 305 g/mol. The van der Waals surface area contributed by atoms with E-state index >= 15 is 0 Å². The van der Waals surface area contributed by atoms with Crippen LogP contribution in [0.25, 0.3) is 0 Å². The van der Waals surface area contributed by atoms with Gasteiger partial charge in [0.15, 0.2) is 0 Å². The van der Waals surface area contributed by atoms with E-state index in [0.29, 0.717) is 0 Å². The quantitative estimate of drug-likeness (QED) is 0.844. The minimum absolute atomic E-state index is 0.0395. The molecule has 1 aromatic rings. The van der Waals surface area contributed by atoms with Crippen LogP contribution in [0.1, 0.15) is 30.1 Å². The largest absolute Gasteiger partial charge is 0.480 e. The molecule has 1 atom stereocenters. The van der Waals surface area contributed by atoms with Gasteiger partial charge in [-0.15, -0.1) is 0 Å². The molecule has 1 amide bonds. The minimum atomic E-state index is -1.29. The molecule has 1 unspecified atom stereocenters. The number of carbonyl (C=O) groups excluding carboxylic acids is 2. The zero-order chi connectivity index (χ0) is 15.3. The van der Waals surface area contributed by atoms with Gasteiger partial charge in [-0.25, -0.2) is 4.79 Å². The number of carboxylic acids is 1. The predicted octanol–water partition coefficient (Wildman–Crippen LogP) is 2.55. The first-order valence-electron chi connectivity index (χ1n) is 5.86. The van der Waals surface area contributed by atoms with Crippen molar-refractivity contribution in [1.82, 2.24) is 5.32 Å². The third-order valence-corrected chi connectivity index (χ3v) is 3.44. The molecule has 0 heterocycles. The SMILES string of the molecule is CCC(=O)CC(NC(=O)c1cccc(Cl)c1Cl)C(=O)O. The highest BCUT2D eigenvalue weighted by Crippen LogP contribution is 2.25. The fraction of sp³-hybridized carbons (Fsp3) is 0.308. The Morgan fingerprint density at radius 3 is 2.50 bits per heavy atom. The van der Waals surface area contributed by atoms with E-state index < -0.39 is 17.9 Å². The Morgan fingerprint density at radius 1 is 1.30 bits per heavy atom. The number of Topliss-reactive ketones (excluding diaryl/α,β-unsaturated/α-hetero) is 1. The van der Waals surface area contributed by atoms with Crippen molar-refractivity contribution in [3.05, 3.63) is 33.8 Å². The Kier molecular flexibility index (Phi) is 5.98. The second-order valence-corrected chi connectivity index (χ2v) is 4.85. The molecule has 0 spiro atoms. The van der Waals surface area contributed by atoms with Gasteiger partial charge in [0.2, 0.25) is 0 Å². The molecule has 0 aliphatic carbocycles. The number of ketones is 1. The molecule has 2 N–H and O–H groups in total. The lowest BCUT2D eigenvalue weighted by atomic mass is 10.1. The number of benzene rings is 1. The van der Waals surface area contributed by atoms with Crippen molar-refractivity contribution in [2.24, 2.45) is 0 Å². The number of halogens is 2. The van der Waals surface area contributed by atoms with Gasteiger partial charge in [-0.05, 0) is 12.1 Å². The first kappa shape index (κ1) is 16.5. The number of carbonyl (C=O) groups is 3. The smallest absolute Gasteiger partial charge is 0.326 e. The first-order valence-corrected chi connectivity index (χ1v) is 6.61. The number of rotatable bonds is 6. The van der Waals surface area contributed by atoms with Crippen molar-refractivity contribution < 1.29 is 19.5 Å². The molecule has 1 rings (SSSR count). The van der Waals surface area contributed by atoms with Crippen molar-refractivity contribution in [2.45, 2.75) is 25.8 Å². The summed E-state index contributed by atoms with van der Waals surface area (Å²) in [7, 11) is 0. The van der Waals surface area contributed by atoms with Crippen LogP contribution in [-0.2, 0) is 9.59 Å². The summed E-state index contributed by atoms with van der Waals surface area (Å²) in [4.78, 5) is 34.3. The molecule has 0 saturated heterocycles. The van der Waals surface area contributed by atoms with E-state index in [2.05, 4.69) is 5.32 Å². The fourth-order valence-electron chi connectivity index (χ4n) is 1.49. The van der Waals surface area contributed by atoms with E-state index in [1.807, 2.05) is 0 Å². The second kappa shape index (κ2) is 7.26. The minimum Gasteiger partial charge on any atom is -0.480 e. The number of hydrogen-bond donors (Lipinski definition) is 2. The molecule has 0 fully saturated rings. The maximum atomic E-state index is 12.0. The highest BCUT2D eigenvalue weighted by molar-refractivity contribution is 6.43. The lowest BCUT2D eigenvalue weighted by Gasteiger charge is -2.14. The molecule has 0 aliphatic rings. The Balaban J connectivity index is 2.88. The summed E-state index contributed by atoms with van der Waals surface area (Å²) in [5, 5.41) is 11.5. The zero-order valence-electron chi connectivity index (χ0n) is 10.7. The lowest BCUT2D eigenvalue weighted by Crippen LogP contribution is -2.42. The van der Waals surface area contributed by atoms with Crippen LogP contribution >= 0.6 is 23.2 Å². The zero-order valence-corrected chi connectivity index (χ0v) is 12.2. The summed E-state index contributed by atoms with van der Waals surface area (Å²) in [5.41, 5.74) is 0.0642. The molecule has 0 radical (unpaired) electrons. The fourth-order valence-corrected chi connectivity index (χ4v) is 1.87. The number of amides is 1. The van der Waals surface area contributed by atoms with Crippen LogP contribution in [0.15, 0.2) is 18.2 Å². The number of hydrogen-bond acceptors (Lipinski definition) is 3. The van der Waals surface area contributed by atoms with Crippen molar-refractivity contribution in [2.75, 3.05) is 0 Å². The third-order valence-electron chi connectivity index (χ3n) is 2.63. The van der Waals surface area contributed by atoms with Gasteiger partial charge in [-0.3, -0.25) is 9.59 Å². The van der Waals surface area contributed by atoms with Crippen molar-refractivity contribution >= 4 is 40.9 Å². The van der Waals surface area contributed by atoms with Crippen LogP contribution in [0.2, 0.25) is 10.0 Å². The van der Waals surface area contributed by atoms with Crippen LogP contribution in [0, 0.1) is 0 Å². The monoisotopic (exact) mass is 317 g/mol. The van der Waals surface area contributed by atoms with Crippen LogP contribution in [0.3, 0.4) is 0 Å². The van der Waals surface area contributed by atoms with E-state index in [9.17, 15) is 14.4 Å². The highest BCUT2D eigenvalue weighted by atomic mass is 35.5. The van der Waals surface area contributed by atoms with Gasteiger partial charge in [0.25, 0.3) is 5.91 Å². The van der Waals surface area contributed by atoms with Crippen molar-refractivity contribution in [3.63, 3.8) is 0 Å². The molecule has 20 heavy (non-hydrogen) atoms. The van der Waals surface area contributed by atoms with E-state index in [4.69, 9.17) is 28.3 Å². The lowest BCUT2D eigenvalue weighted by molar-refractivity contribution is -0.141. The van der Waals surface area contributed by atoms with Gasteiger partial charge in [0.05, 0.1) is 15.6 Å². The van der Waals surface area contributed by atoms with Gasteiger partial charge in [-0.2, -0.15) is 0 Å². The molecule has 0 bridgehead atoms. The average molecular weight is 318 g/mol. The van der Waals surface area contributed by atoms with Crippen LogP contribution < -0.4 is 5.32 Å². The molecule has 7 heteroatoms. The number of carboxylic acid groups (broad SMARTS) is 1. The summed E-state index contributed by atoms with van der Waals surface area (Å²) in [5.74, 6) is -2.22. The Hall–Kier alpha value is -1.59. The molecule has 108 valence electrons. The Bertz CT molecular complexity index is 545. The van der Waals surface area contributed by atoms with Crippen molar-refractivity contribution in [3.8, 4) is 0 Å². The maximum absolute atomic E-state index is 12.0. The van der Waals surface area contributed by atoms with E-state index in [1.165, 1.54) is 18.2 Å². The molecule has 0 saturated carbocycles. The third kappa shape index (κ3) is 4.21. The normalized spacial score (nSPS) is 11.8. The standard InChI is InChI=1S/C13H13Cl2NO4/c1-2-7(17)6-10(13(19)20)16-12(18)8-4-3-5-9(14)11(8)15/h3-5,10H,2,6H2,1H3,(H,16,18)(H,19,20). The average Bonchev–Trinajstić information content (AvgIpc) is 2.40. The second-order valence-electron chi connectivity index (χ2n) is 4.06. The van der Waals surface area contributed by atoms with Gasteiger partial charge in [0, 0.05) is 12.8 Å². The van der Waals surface area contributed by atoms with Gasteiger partial charge >= 0.3 is 5.97 Å². The van der Waals surface area contributed by atoms with E-state index in [1.54, 1.807) is 6.92 Å². The molecular formula is C13H13Cl2NO4. The summed E-state index contributed by atoms with van der Waals surface area (Å²) in [6.45, 7) is 1.62. The summed E-state index contributed by atoms with van der Waals surface area (Å²) in [6, 6.07) is 3.17. The van der Waals surface area contributed by atoms with Gasteiger partial charge in [0.1, 0.15) is 11.8 Å². The molecule has 0 aliphatic heterocycles. The molecule has 1 aromatic carbocycles. The van der Waals surface area contributed by atoms with Crippen LogP contribution in [0.5, 0.6) is 0 Å². The summed E-state index contributed by atoms with van der Waals surface area (Å²) < 4.78 is 0. The summed E-state index contributed by atoms with van der Waals surface area (Å²) >= 11 is 11.7. The van der Waals surface area contributed by atoms with E-state index in [0.717, 1.165) is 0 Å². The molecule has 5 nitrogen and oxygen atoms in total. The van der Waals surface area contributed by atoms with Crippen LogP contribution in [0.4, 0.5) is 0 Å². The Labute approximate surface area is 125 Å². The van der Waals surface area contributed by atoms with E-state index in [-0.39, 0.29) is 34.2 Å². The van der Waals surface area contributed by atoms with Crippen LogP contribution in [-0.4, -0.2) is 28.8 Å². The topological polar surface area (TPSA) is 83.5 Å². The number of aliphatic carboxylic acids is 1. The van der Waals surface area contributed by atoms with Crippen molar-refractivity contribution in [1.29, 1.82) is 0 Å². The number of nitrogens with one attached hydrogen (secondary N) is 1. The van der Waals surface area contributed by atoms with Gasteiger partial charge in [-0.1, -0.05) is 36.2 Å². The maximum Gasteiger partial charge on any atom is 0.326 e. The predicted molar refractivity (Wildman–Crippen MR) is 75.3 cm³/mol.